The summed E-state index contributed by atoms with van der Waals surface area (Å²) in [7, 11) is 0. The van der Waals surface area contributed by atoms with Gasteiger partial charge < -0.3 is 10.6 Å². The van der Waals surface area contributed by atoms with Crippen molar-refractivity contribution in [2.75, 3.05) is 6.54 Å². The van der Waals surface area contributed by atoms with Crippen LogP contribution < -0.4 is 10.6 Å². The SMILES string of the molecule is Cc1nc(-c2ccc(Cl)s2)sc1C(=O)NC1CCCNC1C. The van der Waals surface area contributed by atoms with Crippen LogP contribution in [0.5, 0.6) is 0 Å². The van der Waals surface area contributed by atoms with Crippen molar-refractivity contribution in [3.8, 4) is 9.88 Å². The first-order valence-corrected chi connectivity index (χ1v) is 9.33. The number of halogens is 1. The Hall–Kier alpha value is -0.950. The quantitative estimate of drug-likeness (QED) is 0.882. The molecule has 2 unspecified atom stereocenters. The molecule has 1 fully saturated rings. The van der Waals surface area contributed by atoms with E-state index in [4.69, 9.17) is 11.6 Å². The number of hydrogen-bond donors (Lipinski definition) is 2. The average molecular weight is 356 g/mol. The molecule has 22 heavy (non-hydrogen) atoms. The second kappa shape index (κ2) is 6.66. The van der Waals surface area contributed by atoms with Crippen LogP contribution in [0.25, 0.3) is 9.88 Å². The number of rotatable bonds is 3. The Morgan fingerprint density at radius 3 is 2.95 bits per heavy atom. The van der Waals surface area contributed by atoms with E-state index in [1.807, 2.05) is 19.1 Å². The number of hydrogen-bond acceptors (Lipinski definition) is 5. The van der Waals surface area contributed by atoms with Crippen molar-refractivity contribution in [2.24, 2.45) is 0 Å². The first kappa shape index (κ1) is 15.9. The highest BCUT2D eigenvalue weighted by Crippen LogP contribution is 2.34. The molecule has 1 aliphatic rings. The highest BCUT2D eigenvalue weighted by atomic mass is 35.5. The van der Waals surface area contributed by atoms with Gasteiger partial charge in [0.25, 0.3) is 5.91 Å². The highest BCUT2D eigenvalue weighted by molar-refractivity contribution is 7.24. The summed E-state index contributed by atoms with van der Waals surface area (Å²) in [6.45, 7) is 5.02. The van der Waals surface area contributed by atoms with E-state index in [0.717, 1.165) is 39.3 Å². The number of nitrogens with one attached hydrogen (secondary N) is 2. The Bertz CT molecular complexity index is 682. The van der Waals surface area contributed by atoms with Gasteiger partial charge in [-0.05, 0) is 45.4 Å². The third-order valence-corrected chi connectivity index (χ3v) is 6.42. The first-order valence-electron chi connectivity index (χ1n) is 7.32. The van der Waals surface area contributed by atoms with Gasteiger partial charge >= 0.3 is 0 Å². The zero-order chi connectivity index (χ0) is 15.7. The summed E-state index contributed by atoms with van der Waals surface area (Å²) in [5, 5.41) is 7.40. The molecule has 0 saturated carbocycles. The van der Waals surface area contributed by atoms with Gasteiger partial charge in [-0.3, -0.25) is 4.79 Å². The fraction of sp³-hybridized carbons (Fsp3) is 0.467. The second-order valence-corrected chi connectivity index (χ2v) is 8.22. The number of amides is 1. The molecule has 0 spiro atoms. The molecule has 0 aromatic carbocycles. The van der Waals surface area contributed by atoms with Gasteiger partial charge in [-0.25, -0.2) is 4.98 Å². The lowest BCUT2D eigenvalue weighted by Crippen LogP contribution is -2.51. The molecule has 1 amide bonds. The van der Waals surface area contributed by atoms with Gasteiger partial charge in [-0.15, -0.1) is 22.7 Å². The molecule has 3 rings (SSSR count). The molecule has 2 atom stereocenters. The fourth-order valence-corrected chi connectivity index (χ4v) is 4.68. The van der Waals surface area contributed by atoms with E-state index in [1.165, 1.54) is 22.7 Å². The van der Waals surface area contributed by atoms with Crippen molar-refractivity contribution in [1.82, 2.24) is 15.6 Å². The van der Waals surface area contributed by atoms with Crippen molar-refractivity contribution >= 4 is 40.2 Å². The van der Waals surface area contributed by atoms with E-state index >= 15 is 0 Å². The van der Waals surface area contributed by atoms with Crippen molar-refractivity contribution in [3.05, 3.63) is 27.0 Å². The fourth-order valence-electron chi connectivity index (χ4n) is 2.62. The third-order valence-electron chi connectivity index (χ3n) is 3.87. The van der Waals surface area contributed by atoms with Gasteiger partial charge in [0.05, 0.1) is 14.9 Å². The molecule has 3 heterocycles. The maximum atomic E-state index is 12.5. The molecule has 1 aliphatic heterocycles. The maximum Gasteiger partial charge on any atom is 0.263 e. The molecule has 0 aliphatic carbocycles. The largest absolute Gasteiger partial charge is 0.347 e. The van der Waals surface area contributed by atoms with Gasteiger partial charge in [0, 0.05) is 12.1 Å². The molecule has 118 valence electrons. The van der Waals surface area contributed by atoms with Gasteiger partial charge in [0.1, 0.15) is 9.88 Å². The Labute approximate surface area is 142 Å². The number of carbonyl (C=O) groups excluding carboxylic acids is 1. The summed E-state index contributed by atoms with van der Waals surface area (Å²) in [4.78, 5) is 18.8. The van der Waals surface area contributed by atoms with E-state index in [9.17, 15) is 4.79 Å². The number of nitrogens with zero attached hydrogens (tertiary/aromatic N) is 1. The molecular formula is C15H18ClN3OS2. The molecule has 7 heteroatoms. The second-order valence-electron chi connectivity index (χ2n) is 5.50. The van der Waals surface area contributed by atoms with E-state index in [1.54, 1.807) is 0 Å². The number of thiazole rings is 1. The van der Waals surface area contributed by atoms with E-state index < -0.39 is 0 Å². The summed E-state index contributed by atoms with van der Waals surface area (Å²) in [6.07, 6.45) is 2.11. The molecule has 2 N–H and O–H groups in total. The van der Waals surface area contributed by atoms with Crippen molar-refractivity contribution in [3.63, 3.8) is 0 Å². The lowest BCUT2D eigenvalue weighted by Gasteiger charge is -2.30. The monoisotopic (exact) mass is 355 g/mol. The van der Waals surface area contributed by atoms with Crippen molar-refractivity contribution in [2.45, 2.75) is 38.8 Å². The zero-order valence-corrected chi connectivity index (χ0v) is 14.9. The van der Waals surface area contributed by atoms with Crippen molar-refractivity contribution < 1.29 is 4.79 Å². The van der Waals surface area contributed by atoms with Gasteiger partial charge in [0.15, 0.2) is 0 Å². The van der Waals surface area contributed by atoms with Gasteiger partial charge in [0.2, 0.25) is 0 Å². The van der Waals surface area contributed by atoms with Crippen LogP contribution in [0.4, 0.5) is 0 Å². The predicted molar refractivity (Wildman–Crippen MR) is 93.1 cm³/mol. The third kappa shape index (κ3) is 3.35. The first-order chi connectivity index (χ1) is 10.5. The topological polar surface area (TPSA) is 54.0 Å². The van der Waals surface area contributed by atoms with Crippen LogP contribution in [0.3, 0.4) is 0 Å². The molecule has 1 saturated heterocycles. The predicted octanol–water partition coefficient (Wildman–Crippen LogP) is 3.70. The molecule has 0 bridgehead atoms. The van der Waals surface area contributed by atoms with E-state index in [-0.39, 0.29) is 11.9 Å². The molecule has 4 nitrogen and oxygen atoms in total. The minimum Gasteiger partial charge on any atom is -0.347 e. The van der Waals surface area contributed by atoms with Crippen LogP contribution in [0.15, 0.2) is 12.1 Å². The summed E-state index contributed by atoms with van der Waals surface area (Å²) in [6, 6.07) is 4.29. The average Bonchev–Trinajstić information content (AvgIpc) is 3.07. The van der Waals surface area contributed by atoms with Crippen LogP contribution in [0.2, 0.25) is 4.34 Å². The summed E-state index contributed by atoms with van der Waals surface area (Å²) in [5.41, 5.74) is 0.776. The molecule has 2 aromatic rings. The lowest BCUT2D eigenvalue weighted by atomic mass is 10.00. The summed E-state index contributed by atoms with van der Waals surface area (Å²) < 4.78 is 0.732. The van der Waals surface area contributed by atoms with Crippen LogP contribution >= 0.6 is 34.3 Å². The van der Waals surface area contributed by atoms with Gasteiger partial charge in [-0.1, -0.05) is 11.6 Å². The van der Waals surface area contributed by atoms with Gasteiger partial charge in [-0.2, -0.15) is 0 Å². The molecule has 0 radical (unpaired) electrons. The Kier molecular flexibility index (Phi) is 4.82. The number of aromatic nitrogens is 1. The zero-order valence-electron chi connectivity index (χ0n) is 12.5. The van der Waals surface area contributed by atoms with Crippen molar-refractivity contribution in [1.29, 1.82) is 0 Å². The van der Waals surface area contributed by atoms with Crippen LogP contribution in [-0.4, -0.2) is 29.5 Å². The van der Waals surface area contributed by atoms with E-state index in [2.05, 4.69) is 22.5 Å². The number of carbonyl (C=O) groups is 1. The Morgan fingerprint density at radius 1 is 1.45 bits per heavy atom. The number of thiophene rings is 1. The smallest absolute Gasteiger partial charge is 0.263 e. The highest BCUT2D eigenvalue weighted by Gasteiger charge is 2.25. The minimum atomic E-state index is -0.0237. The Morgan fingerprint density at radius 2 is 2.27 bits per heavy atom. The summed E-state index contributed by atoms with van der Waals surface area (Å²) >= 11 is 8.89. The molecule has 2 aromatic heterocycles. The van der Waals surface area contributed by atoms with Crippen LogP contribution in [-0.2, 0) is 0 Å². The maximum absolute atomic E-state index is 12.5. The van der Waals surface area contributed by atoms with Crippen LogP contribution in [0.1, 0.15) is 35.1 Å². The number of aryl methyl sites for hydroxylation is 1. The van der Waals surface area contributed by atoms with E-state index in [0.29, 0.717) is 10.9 Å². The standard InChI is InChI=1S/C15H18ClN3OS2/c1-8-10(4-3-7-17-8)19-14(20)13-9(2)18-15(22-13)11-5-6-12(16)21-11/h5-6,8,10,17H,3-4,7H2,1-2H3,(H,19,20). The Balaban J connectivity index is 1.76. The lowest BCUT2D eigenvalue weighted by molar-refractivity contribution is 0.0923. The van der Waals surface area contributed by atoms with Crippen LogP contribution in [0, 0.1) is 6.92 Å². The molecular weight excluding hydrogens is 338 g/mol. The number of piperidine rings is 1. The normalized spacial score (nSPS) is 21.8. The minimum absolute atomic E-state index is 0.0237. The summed E-state index contributed by atoms with van der Waals surface area (Å²) in [5.74, 6) is -0.0237.